The molecule has 1 aliphatic heterocycles. The molecule has 8 nitrogen and oxygen atoms in total. The van der Waals surface area contributed by atoms with Gasteiger partial charge in [-0.1, -0.05) is 18.2 Å². The highest BCUT2D eigenvalue weighted by Gasteiger charge is 2.27. The highest BCUT2D eigenvalue weighted by molar-refractivity contribution is 6.06. The summed E-state index contributed by atoms with van der Waals surface area (Å²) in [7, 11) is 0. The molecular formula is C21H17N3O5. The van der Waals surface area contributed by atoms with Crippen LogP contribution in [0.2, 0.25) is 0 Å². The molecule has 1 aliphatic rings. The molecule has 8 heteroatoms. The topological polar surface area (TPSA) is 106 Å². The van der Waals surface area contributed by atoms with Gasteiger partial charge in [0.05, 0.1) is 17.6 Å². The van der Waals surface area contributed by atoms with E-state index in [4.69, 9.17) is 4.42 Å². The van der Waals surface area contributed by atoms with E-state index in [1.54, 1.807) is 41.3 Å². The SMILES string of the molecule is O=C(Cc1ccc([N+](=O)[O-])cc1)Nc1ccc2c(c1)N(C(=O)c1ccco1)CC2. The number of anilines is 2. The first-order chi connectivity index (χ1) is 14.0. The van der Waals surface area contributed by atoms with E-state index >= 15 is 0 Å². The summed E-state index contributed by atoms with van der Waals surface area (Å²) >= 11 is 0. The second-order valence-electron chi connectivity index (χ2n) is 6.68. The van der Waals surface area contributed by atoms with Crippen LogP contribution in [0.3, 0.4) is 0 Å². The van der Waals surface area contributed by atoms with Crippen molar-refractivity contribution in [3.8, 4) is 0 Å². The predicted molar refractivity (Wildman–Crippen MR) is 106 cm³/mol. The normalized spacial score (nSPS) is 12.5. The standard InChI is InChI=1S/C21H17N3O5/c25-20(12-14-3-7-17(8-4-14)24(27)28)22-16-6-5-15-9-10-23(18(15)13-16)21(26)19-2-1-11-29-19/h1-8,11,13H,9-10,12H2,(H,22,25). The van der Waals surface area contributed by atoms with Crippen molar-refractivity contribution in [3.05, 3.63) is 87.9 Å². The van der Waals surface area contributed by atoms with Gasteiger partial charge < -0.3 is 14.6 Å². The van der Waals surface area contributed by atoms with Crippen molar-refractivity contribution in [3.63, 3.8) is 0 Å². The number of carbonyl (C=O) groups is 2. The van der Waals surface area contributed by atoms with Crippen LogP contribution in [0.4, 0.5) is 17.1 Å². The summed E-state index contributed by atoms with van der Waals surface area (Å²) in [6.07, 6.45) is 2.28. The summed E-state index contributed by atoms with van der Waals surface area (Å²) in [6.45, 7) is 0.551. The van der Waals surface area contributed by atoms with Gasteiger partial charge in [-0.25, -0.2) is 0 Å². The minimum Gasteiger partial charge on any atom is -0.459 e. The van der Waals surface area contributed by atoms with Crippen LogP contribution in [0, 0.1) is 10.1 Å². The zero-order chi connectivity index (χ0) is 20.4. The summed E-state index contributed by atoms with van der Waals surface area (Å²) in [5, 5.41) is 13.5. The largest absolute Gasteiger partial charge is 0.459 e. The molecule has 2 heterocycles. The van der Waals surface area contributed by atoms with Crippen molar-refractivity contribution >= 4 is 28.9 Å². The van der Waals surface area contributed by atoms with Crippen LogP contribution < -0.4 is 10.2 Å². The van der Waals surface area contributed by atoms with Gasteiger partial charge >= 0.3 is 0 Å². The Bertz CT molecular complexity index is 1070. The lowest BCUT2D eigenvalue weighted by atomic mass is 10.1. The maximum atomic E-state index is 12.6. The number of benzene rings is 2. The summed E-state index contributed by atoms with van der Waals surface area (Å²) in [5.41, 5.74) is 3.01. The molecule has 0 saturated heterocycles. The maximum Gasteiger partial charge on any atom is 0.293 e. The number of nitro groups is 1. The first-order valence-corrected chi connectivity index (χ1v) is 9.03. The summed E-state index contributed by atoms with van der Waals surface area (Å²) < 4.78 is 5.20. The predicted octanol–water partition coefficient (Wildman–Crippen LogP) is 3.57. The molecule has 2 aromatic carbocycles. The summed E-state index contributed by atoms with van der Waals surface area (Å²) in [4.78, 5) is 36.8. The summed E-state index contributed by atoms with van der Waals surface area (Å²) in [6, 6.07) is 14.6. The number of nitrogens with one attached hydrogen (secondary N) is 1. The molecule has 0 bridgehead atoms. The van der Waals surface area contributed by atoms with Gasteiger partial charge in [-0.05, 0) is 41.8 Å². The molecule has 2 amide bonds. The first-order valence-electron chi connectivity index (χ1n) is 9.03. The van der Waals surface area contributed by atoms with Crippen LogP contribution >= 0.6 is 0 Å². The fourth-order valence-electron chi connectivity index (χ4n) is 3.33. The third-order valence-corrected chi connectivity index (χ3v) is 4.75. The highest BCUT2D eigenvalue weighted by atomic mass is 16.6. The van der Waals surface area contributed by atoms with E-state index in [0.717, 1.165) is 17.7 Å². The first kappa shape index (κ1) is 18.4. The zero-order valence-corrected chi connectivity index (χ0v) is 15.3. The molecule has 0 aliphatic carbocycles. The van der Waals surface area contributed by atoms with Crippen LogP contribution in [0.15, 0.2) is 65.3 Å². The Morgan fingerprint density at radius 1 is 1.14 bits per heavy atom. The fraction of sp³-hybridized carbons (Fsp3) is 0.143. The average Bonchev–Trinajstić information content (AvgIpc) is 3.38. The average molecular weight is 391 g/mol. The molecule has 0 atom stereocenters. The van der Waals surface area contributed by atoms with Gasteiger partial charge in [0, 0.05) is 30.1 Å². The second-order valence-corrected chi connectivity index (χ2v) is 6.68. The number of nitrogens with zero attached hydrogens (tertiary/aromatic N) is 2. The molecule has 1 aromatic heterocycles. The van der Waals surface area contributed by atoms with Crippen molar-refractivity contribution in [1.82, 2.24) is 0 Å². The number of furan rings is 1. The van der Waals surface area contributed by atoms with E-state index in [1.807, 2.05) is 6.07 Å². The van der Waals surface area contributed by atoms with E-state index in [1.165, 1.54) is 18.4 Å². The van der Waals surface area contributed by atoms with Crippen molar-refractivity contribution in [1.29, 1.82) is 0 Å². The number of carbonyl (C=O) groups excluding carboxylic acids is 2. The molecule has 0 spiro atoms. The maximum absolute atomic E-state index is 12.6. The molecular weight excluding hydrogens is 374 g/mol. The van der Waals surface area contributed by atoms with Crippen LogP contribution in [0.1, 0.15) is 21.7 Å². The van der Waals surface area contributed by atoms with E-state index < -0.39 is 4.92 Å². The second kappa shape index (κ2) is 7.59. The van der Waals surface area contributed by atoms with Crippen molar-refractivity contribution in [2.24, 2.45) is 0 Å². The highest BCUT2D eigenvalue weighted by Crippen LogP contribution is 2.32. The lowest BCUT2D eigenvalue weighted by molar-refractivity contribution is -0.384. The molecule has 3 aromatic rings. The van der Waals surface area contributed by atoms with Gasteiger partial charge in [-0.15, -0.1) is 0 Å². The summed E-state index contributed by atoms with van der Waals surface area (Å²) in [5.74, 6) is -0.200. The lowest BCUT2D eigenvalue weighted by Gasteiger charge is -2.17. The van der Waals surface area contributed by atoms with Crippen molar-refractivity contribution < 1.29 is 18.9 Å². The Hall–Kier alpha value is -3.94. The smallest absolute Gasteiger partial charge is 0.293 e. The molecule has 0 radical (unpaired) electrons. The number of non-ortho nitro benzene ring substituents is 1. The minimum absolute atomic E-state index is 0.0194. The number of nitro benzene ring substituents is 1. The Morgan fingerprint density at radius 3 is 2.62 bits per heavy atom. The van der Waals surface area contributed by atoms with Gasteiger partial charge in [-0.3, -0.25) is 19.7 Å². The number of fused-ring (bicyclic) bond motifs is 1. The minimum atomic E-state index is -0.482. The van der Waals surface area contributed by atoms with Gasteiger partial charge in [0.15, 0.2) is 5.76 Å². The van der Waals surface area contributed by atoms with E-state index in [9.17, 15) is 19.7 Å². The number of rotatable bonds is 5. The Labute approximate surface area is 165 Å². The van der Waals surface area contributed by atoms with Crippen LogP contribution in [0.5, 0.6) is 0 Å². The monoisotopic (exact) mass is 391 g/mol. The van der Waals surface area contributed by atoms with E-state index in [0.29, 0.717) is 17.8 Å². The van der Waals surface area contributed by atoms with Gasteiger partial charge in [-0.2, -0.15) is 0 Å². The van der Waals surface area contributed by atoms with Crippen molar-refractivity contribution in [2.45, 2.75) is 12.8 Å². The van der Waals surface area contributed by atoms with Gasteiger partial charge in [0.1, 0.15) is 0 Å². The molecule has 29 heavy (non-hydrogen) atoms. The molecule has 1 N–H and O–H groups in total. The lowest BCUT2D eigenvalue weighted by Crippen LogP contribution is -2.28. The van der Waals surface area contributed by atoms with E-state index in [2.05, 4.69) is 5.32 Å². The third-order valence-electron chi connectivity index (χ3n) is 4.75. The van der Waals surface area contributed by atoms with Crippen LogP contribution in [0.25, 0.3) is 0 Å². The van der Waals surface area contributed by atoms with Crippen molar-refractivity contribution in [2.75, 3.05) is 16.8 Å². The number of hydrogen-bond acceptors (Lipinski definition) is 5. The number of hydrogen-bond donors (Lipinski definition) is 1. The fourth-order valence-corrected chi connectivity index (χ4v) is 3.33. The third kappa shape index (κ3) is 3.86. The molecule has 0 saturated carbocycles. The molecule has 4 rings (SSSR count). The quantitative estimate of drug-likeness (QED) is 0.529. The van der Waals surface area contributed by atoms with Crippen LogP contribution in [-0.2, 0) is 17.6 Å². The molecule has 0 unspecified atom stereocenters. The Morgan fingerprint density at radius 2 is 1.93 bits per heavy atom. The van der Waals surface area contributed by atoms with Gasteiger partial charge in [0.2, 0.25) is 5.91 Å². The van der Waals surface area contributed by atoms with Crippen LogP contribution in [-0.4, -0.2) is 23.3 Å². The Balaban J connectivity index is 1.46. The van der Waals surface area contributed by atoms with E-state index in [-0.39, 0.29) is 29.7 Å². The number of amides is 2. The molecule has 146 valence electrons. The van der Waals surface area contributed by atoms with Gasteiger partial charge in [0.25, 0.3) is 11.6 Å². The Kier molecular flexibility index (Phi) is 4.82. The molecule has 0 fully saturated rings. The zero-order valence-electron chi connectivity index (χ0n) is 15.3.